The molecule has 2 atom stereocenters. The number of nitrogens with zero attached hydrogens (tertiary/aromatic N) is 5. The predicted octanol–water partition coefficient (Wildman–Crippen LogP) is 3.26. The lowest BCUT2D eigenvalue weighted by Gasteiger charge is -2.39. The average Bonchev–Trinajstić information content (AvgIpc) is 2.79. The van der Waals surface area contributed by atoms with Crippen molar-refractivity contribution in [3.63, 3.8) is 0 Å². The van der Waals surface area contributed by atoms with Crippen molar-refractivity contribution in [3.8, 4) is 0 Å². The van der Waals surface area contributed by atoms with Crippen molar-refractivity contribution in [1.82, 2.24) is 19.7 Å². The predicted molar refractivity (Wildman–Crippen MR) is 132 cm³/mol. The Labute approximate surface area is 192 Å². The summed E-state index contributed by atoms with van der Waals surface area (Å²) < 4.78 is 0. The second-order valence-corrected chi connectivity index (χ2v) is 9.84. The molecule has 172 valence electrons. The van der Waals surface area contributed by atoms with Gasteiger partial charge in [0.1, 0.15) is 0 Å². The molecule has 0 radical (unpaired) electrons. The molecule has 3 heterocycles. The highest BCUT2D eigenvalue weighted by molar-refractivity contribution is 5.99. The lowest BCUT2D eigenvalue weighted by Crippen LogP contribution is -2.49. The second kappa shape index (κ2) is 10.1. The molecule has 2 aromatic rings. The van der Waals surface area contributed by atoms with Crippen molar-refractivity contribution in [2.45, 2.75) is 38.1 Å². The number of hydrogen-bond acceptors (Lipinski definition) is 5. The maximum Gasteiger partial charge on any atom is 0.236 e. The first-order valence-electron chi connectivity index (χ1n) is 11.9. The minimum absolute atomic E-state index is 0.288. The van der Waals surface area contributed by atoms with Crippen molar-refractivity contribution in [1.29, 1.82) is 0 Å². The van der Waals surface area contributed by atoms with Gasteiger partial charge in [-0.15, -0.1) is 0 Å². The Bertz CT molecular complexity index is 964. The Hall–Kier alpha value is -2.31. The van der Waals surface area contributed by atoms with E-state index in [1.165, 1.54) is 10.9 Å². The smallest absolute Gasteiger partial charge is 0.236 e. The topological polar surface area (TPSA) is 52.0 Å². The molecule has 1 aromatic carbocycles. The quantitative estimate of drug-likeness (QED) is 0.677. The molecule has 2 saturated heterocycles. The number of aliphatic imine (C=N–C) groups is 1. The van der Waals surface area contributed by atoms with Gasteiger partial charge in [0.05, 0.1) is 12.1 Å². The summed E-state index contributed by atoms with van der Waals surface area (Å²) in [6.45, 7) is 6.52. The van der Waals surface area contributed by atoms with Crippen molar-refractivity contribution >= 4 is 23.0 Å². The molecule has 2 fully saturated rings. The first kappa shape index (κ1) is 22.9. The molecular formula is C26H37N5O. The van der Waals surface area contributed by atoms with Crippen molar-refractivity contribution < 1.29 is 4.79 Å². The van der Waals surface area contributed by atoms with E-state index in [0.29, 0.717) is 24.4 Å². The summed E-state index contributed by atoms with van der Waals surface area (Å²) in [5, 5.41) is 1.21. The van der Waals surface area contributed by atoms with Crippen LogP contribution in [0.25, 0.3) is 10.9 Å². The van der Waals surface area contributed by atoms with E-state index in [9.17, 15) is 4.79 Å². The number of aromatic nitrogens is 1. The highest BCUT2D eigenvalue weighted by Gasteiger charge is 2.30. The summed E-state index contributed by atoms with van der Waals surface area (Å²) in [6.07, 6.45) is 7.03. The molecule has 0 bridgehead atoms. The van der Waals surface area contributed by atoms with E-state index in [0.717, 1.165) is 56.5 Å². The van der Waals surface area contributed by atoms with Gasteiger partial charge >= 0.3 is 0 Å². The summed E-state index contributed by atoms with van der Waals surface area (Å²) in [7, 11) is 6.07. The van der Waals surface area contributed by atoms with Crippen LogP contribution >= 0.6 is 0 Å². The van der Waals surface area contributed by atoms with Crippen LogP contribution in [0.4, 0.5) is 0 Å². The Balaban J connectivity index is 1.47. The van der Waals surface area contributed by atoms with Gasteiger partial charge in [0, 0.05) is 62.6 Å². The molecule has 6 nitrogen and oxygen atoms in total. The highest BCUT2D eigenvalue weighted by Crippen LogP contribution is 2.34. The number of carbonyl (C=O) groups excluding carboxylic acids is 1. The SMILES string of the molecule is CN=Cc1ccc([C@H]2C[C@@H](C)CN(CC(=O)N3CCC(N(C)C)CC3)C2)c2cccnc12. The van der Waals surface area contributed by atoms with Crippen LogP contribution in [0.15, 0.2) is 35.5 Å². The van der Waals surface area contributed by atoms with Gasteiger partial charge in [-0.2, -0.15) is 0 Å². The first-order valence-corrected chi connectivity index (χ1v) is 11.9. The number of fused-ring (bicyclic) bond motifs is 1. The van der Waals surface area contributed by atoms with Crippen LogP contribution in [-0.2, 0) is 4.79 Å². The van der Waals surface area contributed by atoms with E-state index in [4.69, 9.17) is 0 Å². The molecule has 6 heteroatoms. The zero-order chi connectivity index (χ0) is 22.7. The molecule has 0 unspecified atom stereocenters. The second-order valence-electron chi connectivity index (χ2n) is 9.84. The molecule has 0 saturated carbocycles. The zero-order valence-corrected chi connectivity index (χ0v) is 20.0. The Morgan fingerprint density at radius 1 is 1.22 bits per heavy atom. The number of rotatable bonds is 5. The largest absolute Gasteiger partial charge is 0.341 e. The van der Waals surface area contributed by atoms with Gasteiger partial charge in [0.2, 0.25) is 5.91 Å². The minimum atomic E-state index is 0.288. The molecule has 1 amide bonds. The fourth-order valence-electron chi connectivity index (χ4n) is 5.55. The van der Waals surface area contributed by atoms with Crippen LogP contribution in [0.1, 0.15) is 43.2 Å². The molecule has 0 aliphatic carbocycles. The molecule has 32 heavy (non-hydrogen) atoms. The molecule has 2 aliphatic heterocycles. The fourth-order valence-corrected chi connectivity index (χ4v) is 5.55. The first-order chi connectivity index (χ1) is 15.5. The summed E-state index contributed by atoms with van der Waals surface area (Å²) >= 11 is 0. The number of amides is 1. The van der Waals surface area contributed by atoms with Crippen LogP contribution in [-0.4, -0.2) is 91.7 Å². The van der Waals surface area contributed by atoms with Crippen LogP contribution in [0.2, 0.25) is 0 Å². The Kier molecular flexibility index (Phi) is 7.21. The number of piperidine rings is 2. The normalized spacial score (nSPS) is 23.5. The van der Waals surface area contributed by atoms with Crippen molar-refractivity contribution in [3.05, 3.63) is 41.6 Å². The third kappa shape index (κ3) is 5.02. The maximum absolute atomic E-state index is 13.1. The van der Waals surface area contributed by atoms with Gasteiger partial charge in [0.15, 0.2) is 0 Å². The van der Waals surface area contributed by atoms with E-state index in [-0.39, 0.29) is 5.91 Å². The number of likely N-dealkylation sites (tertiary alicyclic amines) is 2. The van der Waals surface area contributed by atoms with E-state index < -0.39 is 0 Å². The zero-order valence-electron chi connectivity index (χ0n) is 20.0. The van der Waals surface area contributed by atoms with Gasteiger partial charge in [-0.1, -0.05) is 25.1 Å². The summed E-state index contributed by atoms with van der Waals surface area (Å²) in [4.78, 5) is 28.7. The third-order valence-electron chi connectivity index (χ3n) is 7.18. The molecular weight excluding hydrogens is 398 g/mol. The number of benzene rings is 1. The summed E-state index contributed by atoms with van der Waals surface area (Å²) in [6, 6.07) is 9.18. The van der Waals surface area contributed by atoms with E-state index in [2.05, 4.69) is 63.9 Å². The van der Waals surface area contributed by atoms with Gasteiger partial charge in [-0.3, -0.25) is 19.7 Å². The molecule has 0 N–H and O–H groups in total. The van der Waals surface area contributed by atoms with Gasteiger partial charge in [0.25, 0.3) is 0 Å². The third-order valence-corrected chi connectivity index (χ3v) is 7.18. The van der Waals surface area contributed by atoms with Crippen LogP contribution in [0, 0.1) is 5.92 Å². The summed E-state index contributed by atoms with van der Waals surface area (Å²) in [5.74, 6) is 1.26. The van der Waals surface area contributed by atoms with Gasteiger partial charge in [-0.05, 0) is 56.8 Å². The van der Waals surface area contributed by atoms with Crippen molar-refractivity contribution in [2.75, 3.05) is 53.9 Å². The standard InChI is InChI=1S/C26H37N5O/c1-19-14-21(23-8-7-20(15-27-2)26-24(23)6-5-11-28-26)17-30(16-19)18-25(32)31-12-9-22(10-13-31)29(3)4/h5-8,11,15,19,21-22H,9-10,12-14,16-18H2,1-4H3/t19-,21+/m1/s1. The summed E-state index contributed by atoms with van der Waals surface area (Å²) in [5.41, 5.74) is 3.42. The van der Waals surface area contributed by atoms with Crippen LogP contribution in [0.3, 0.4) is 0 Å². The molecule has 0 spiro atoms. The van der Waals surface area contributed by atoms with Gasteiger partial charge < -0.3 is 9.80 Å². The minimum Gasteiger partial charge on any atom is -0.341 e. The lowest BCUT2D eigenvalue weighted by atomic mass is 9.83. The number of pyridine rings is 1. The molecule has 1 aromatic heterocycles. The Morgan fingerprint density at radius 3 is 2.72 bits per heavy atom. The average molecular weight is 436 g/mol. The Morgan fingerprint density at radius 2 is 2.00 bits per heavy atom. The van der Waals surface area contributed by atoms with Crippen LogP contribution < -0.4 is 0 Å². The monoisotopic (exact) mass is 435 g/mol. The fraction of sp³-hybridized carbons (Fsp3) is 0.577. The molecule has 4 rings (SSSR count). The molecule has 2 aliphatic rings. The van der Waals surface area contributed by atoms with E-state index in [1.807, 2.05) is 18.5 Å². The highest BCUT2D eigenvalue weighted by atomic mass is 16.2. The van der Waals surface area contributed by atoms with Crippen molar-refractivity contribution in [2.24, 2.45) is 10.9 Å². The van der Waals surface area contributed by atoms with Gasteiger partial charge in [-0.25, -0.2) is 0 Å². The van der Waals surface area contributed by atoms with E-state index >= 15 is 0 Å². The number of carbonyl (C=O) groups is 1. The maximum atomic E-state index is 13.1. The van der Waals surface area contributed by atoms with E-state index in [1.54, 1.807) is 7.05 Å². The lowest BCUT2D eigenvalue weighted by molar-refractivity contribution is -0.134. The van der Waals surface area contributed by atoms with Crippen LogP contribution in [0.5, 0.6) is 0 Å². The number of hydrogen-bond donors (Lipinski definition) is 0.